The number of fused-ring (bicyclic) bond motifs is 3. The molecule has 0 unspecified atom stereocenters. The molecule has 7 nitrogen and oxygen atoms in total. The summed E-state index contributed by atoms with van der Waals surface area (Å²) in [4.78, 5) is 23.6. The fraction of sp³-hybridized carbons (Fsp3) is 0.364. The fourth-order valence-corrected chi connectivity index (χ4v) is 4.88. The van der Waals surface area contributed by atoms with Crippen LogP contribution in [-0.2, 0) is 22.1 Å². The normalized spacial score (nSPS) is 19.2. The Labute approximate surface area is 180 Å². The van der Waals surface area contributed by atoms with Crippen molar-refractivity contribution in [3.05, 3.63) is 52.8 Å². The van der Waals surface area contributed by atoms with Crippen LogP contribution in [0.15, 0.2) is 30.3 Å². The summed E-state index contributed by atoms with van der Waals surface area (Å²) >= 11 is 0. The van der Waals surface area contributed by atoms with E-state index in [2.05, 4.69) is 0 Å². The van der Waals surface area contributed by atoms with Gasteiger partial charge in [0.1, 0.15) is 23.4 Å². The number of aromatic carboxylic acids is 1. The van der Waals surface area contributed by atoms with Crippen molar-refractivity contribution in [1.29, 1.82) is 0 Å². The molecule has 1 N–H and O–H groups in total. The van der Waals surface area contributed by atoms with Gasteiger partial charge in [-0.25, -0.2) is 21.9 Å². The molecule has 164 valence electrons. The molecular formula is C22H22FNO6S. The maximum Gasteiger partial charge on any atom is 0.341 e. The van der Waals surface area contributed by atoms with Gasteiger partial charge in [-0.3, -0.25) is 0 Å². The maximum absolute atomic E-state index is 14.0. The second-order valence-corrected chi connectivity index (χ2v) is 9.58. The van der Waals surface area contributed by atoms with Crippen molar-refractivity contribution in [3.8, 4) is 5.75 Å². The van der Waals surface area contributed by atoms with Gasteiger partial charge in [-0.15, -0.1) is 0 Å². The van der Waals surface area contributed by atoms with Gasteiger partial charge in [-0.1, -0.05) is 19.9 Å². The minimum atomic E-state index is -3.34. The Bertz CT molecular complexity index is 1150. The molecule has 0 aromatic heterocycles. The third-order valence-electron chi connectivity index (χ3n) is 5.77. The van der Waals surface area contributed by atoms with Crippen LogP contribution >= 0.6 is 0 Å². The lowest BCUT2D eigenvalue weighted by molar-refractivity contribution is -0.114. The Morgan fingerprint density at radius 1 is 1.29 bits per heavy atom. The predicted molar refractivity (Wildman–Crippen MR) is 112 cm³/mol. The van der Waals surface area contributed by atoms with Gasteiger partial charge in [0, 0.05) is 11.3 Å². The number of carbonyl (C=O) groups is 2. The maximum atomic E-state index is 14.0. The number of carboxylic acids is 1. The van der Waals surface area contributed by atoms with Gasteiger partial charge < -0.3 is 14.6 Å². The topological polar surface area (TPSA) is 101 Å². The summed E-state index contributed by atoms with van der Waals surface area (Å²) < 4.78 is 45.3. The van der Waals surface area contributed by atoms with Gasteiger partial charge >= 0.3 is 5.97 Å². The van der Waals surface area contributed by atoms with E-state index in [9.17, 15) is 27.5 Å². The van der Waals surface area contributed by atoms with Crippen LogP contribution in [0.1, 0.15) is 47.7 Å². The molecule has 31 heavy (non-hydrogen) atoms. The number of benzene rings is 2. The van der Waals surface area contributed by atoms with Crippen molar-refractivity contribution in [2.24, 2.45) is 11.3 Å². The number of carboxylic acid groups (broad SMARTS) is 1. The number of hydrogen-bond donors (Lipinski definition) is 2. The lowest BCUT2D eigenvalue weighted by atomic mass is 9.86. The van der Waals surface area contributed by atoms with Crippen LogP contribution in [-0.4, -0.2) is 32.4 Å². The van der Waals surface area contributed by atoms with E-state index in [4.69, 9.17) is 4.74 Å². The molecule has 2 atom stereocenters. The van der Waals surface area contributed by atoms with Crippen molar-refractivity contribution in [3.63, 3.8) is 0 Å². The SMILES string of the molecule is CC(C)(C=O)Cc1cc(F)ccc1N(c1ccc2c(c1C(=O)O)OC[C@@H]1C[C@H]21)[SH](=O)=O. The van der Waals surface area contributed by atoms with Crippen molar-refractivity contribution < 1.29 is 32.2 Å². The lowest BCUT2D eigenvalue weighted by Crippen LogP contribution is -2.23. The highest BCUT2D eigenvalue weighted by Gasteiger charge is 2.45. The first-order valence-corrected chi connectivity index (χ1v) is 11.0. The van der Waals surface area contributed by atoms with E-state index in [-0.39, 0.29) is 40.6 Å². The predicted octanol–water partition coefficient (Wildman–Crippen LogP) is 3.45. The molecule has 2 aromatic rings. The zero-order valence-electron chi connectivity index (χ0n) is 17.0. The standard InChI is InChI=1S/C22H22FNO6S/c1-22(2,11-25)9-12-7-14(23)3-5-17(12)24(31(28)29)18-6-4-15-16-8-13(16)10-30-20(15)19(18)21(26)27/h3-7,11,13,16,31H,8-10H2,1-2H3,(H,26,27)/t13-,16-/m0/s1. The second kappa shape index (κ2) is 7.64. The molecule has 0 saturated heterocycles. The minimum absolute atomic E-state index is 0.0663. The largest absolute Gasteiger partial charge is 0.492 e. The van der Waals surface area contributed by atoms with E-state index in [0.29, 0.717) is 18.8 Å². The molecule has 1 saturated carbocycles. The Morgan fingerprint density at radius 3 is 2.65 bits per heavy atom. The second-order valence-electron chi connectivity index (χ2n) is 8.70. The molecule has 0 bridgehead atoms. The first kappa shape index (κ1) is 21.3. The van der Waals surface area contributed by atoms with Crippen molar-refractivity contribution in [2.75, 3.05) is 10.9 Å². The summed E-state index contributed by atoms with van der Waals surface area (Å²) in [5.41, 5.74) is -0.0770. The van der Waals surface area contributed by atoms with Gasteiger partial charge in [-0.05, 0) is 54.2 Å². The smallest absolute Gasteiger partial charge is 0.341 e. The summed E-state index contributed by atoms with van der Waals surface area (Å²) in [6.07, 6.45) is 1.69. The molecule has 0 radical (unpaired) electrons. The molecule has 9 heteroatoms. The van der Waals surface area contributed by atoms with Crippen LogP contribution in [0, 0.1) is 17.2 Å². The van der Waals surface area contributed by atoms with Crippen LogP contribution < -0.4 is 9.04 Å². The van der Waals surface area contributed by atoms with Gasteiger partial charge in [0.25, 0.3) is 0 Å². The van der Waals surface area contributed by atoms with E-state index in [0.717, 1.165) is 28.4 Å². The molecule has 2 aromatic carbocycles. The number of halogens is 1. The van der Waals surface area contributed by atoms with Crippen LogP contribution in [0.5, 0.6) is 5.75 Å². The van der Waals surface area contributed by atoms with E-state index < -0.39 is 28.1 Å². The molecule has 4 rings (SSSR count). The van der Waals surface area contributed by atoms with Crippen LogP contribution in [0.2, 0.25) is 0 Å². The summed E-state index contributed by atoms with van der Waals surface area (Å²) in [6.45, 7) is 3.69. The van der Waals surface area contributed by atoms with Gasteiger partial charge in [0.05, 0.1) is 18.0 Å². The molecule has 1 fully saturated rings. The average molecular weight is 447 g/mol. The molecule has 1 heterocycles. The Morgan fingerprint density at radius 2 is 2.00 bits per heavy atom. The molecule has 1 aliphatic carbocycles. The van der Waals surface area contributed by atoms with Gasteiger partial charge in [0.15, 0.2) is 0 Å². The molecular weight excluding hydrogens is 425 g/mol. The van der Waals surface area contributed by atoms with Crippen LogP contribution in [0.25, 0.3) is 0 Å². The van der Waals surface area contributed by atoms with Gasteiger partial charge in [0.2, 0.25) is 10.9 Å². The Kier molecular flexibility index (Phi) is 5.25. The van der Waals surface area contributed by atoms with E-state index in [1.807, 2.05) is 0 Å². The average Bonchev–Trinajstić information content (AvgIpc) is 3.49. The lowest BCUT2D eigenvalue weighted by Gasteiger charge is -2.27. The number of anilines is 2. The number of hydrogen-bond acceptors (Lipinski definition) is 5. The quantitative estimate of drug-likeness (QED) is 0.498. The number of rotatable bonds is 7. The molecule has 1 aliphatic heterocycles. The van der Waals surface area contributed by atoms with Crippen molar-refractivity contribution >= 4 is 34.5 Å². The third-order valence-corrected chi connectivity index (χ3v) is 6.53. The first-order chi connectivity index (χ1) is 14.6. The molecule has 0 amide bonds. The Balaban J connectivity index is 1.91. The van der Waals surface area contributed by atoms with Crippen molar-refractivity contribution in [1.82, 2.24) is 0 Å². The van der Waals surface area contributed by atoms with E-state index >= 15 is 0 Å². The zero-order valence-corrected chi connectivity index (χ0v) is 17.9. The van der Waals surface area contributed by atoms with E-state index in [1.165, 1.54) is 12.1 Å². The highest BCUT2D eigenvalue weighted by Crippen LogP contribution is 2.56. The highest BCUT2D eigenvalue weighted by atomic mass is 32.2. The highest BCUT2D eigenvalue weighted by molar-refractivity contribution is 7.74. The number of nitrogens with zero attached hydrogens (tertiary/aromatic N) is 1. The first-order valence-electron chi connectivity index (χ1n) is 9.85. The summed E-state index contributed by atoms with van der Waals surface area (Å²) in [5.74, 6) is -1.14. The number of ether oxygens (including phenoxy) is 1. The van der Waals surface area contributed by atoms with Crippen LogP contribution in [0.3, 0.4) is 0 Å². The number of aldehydes is 1. The summed E-state index contributed by atoms with van der Waals surface area (Å²) in [7, 11) is -3.34. The minimum Gasteiger partial charge on any atom is -0.492 e. The third kappa shape index (κ3) is 3.89. The summed E-state index contributed by atoms with van der Waals surface area (Å²) in [6, 6.07) is 6.69. The van der Waals surface area contributed by atoms with E-state index in [1.54, 1.807) is 19.9 Å². The Hall–Kier alpha value is -2.94. The zero-order chi connectivity index (χ0) is 22.5. The molecule has 0 spiro atoms. The monoisotopic (exact) mass is 447 g/mol. The number of thiol groups is 1. The van der Waals surface area contributed by atoms with Crippen molar-refractivity contribution in [2.45, 2.75) is 32.6 Å². The fourth-order valence-electron chi connectivity index (χ4n) is 4.16. The van der Waals surface area contributed by atoms with Crippen LogP contribution in [0.4, 0.5) is 15.8 Å². The summed E-state index contributed by atoms with van der Waals surface area (Å²) in [5, 5.41) is 9.93. The van der Waals surface area contributed by atoms with Gasteiger partial charge in [-0.2, -0.15) is 0 Å². The number of carbonyl (C=O) groups excluding carboxylic acids is 1. The molecule has 2 aliphatic rings.